The topological polar surface area (TPSA) is 61.9 Å². The highest BCUT2D eigenvalue weighted by Gasteiger charge is 2.34. The second kappa shape index (κ2) is 8.97. The van der Waals surface area contributed by atoms with E-state index in [4.69, 9.17) is 4.74 Å². The van der Waals surface area contributed by atoms with Crippen molar-refractivity contribution in [1.29, 1.82) is 0 Å². The lowest BCUT2D eigenvalue weighted by molar-refractivity contribution is -0.128. The number of carbonyl (C=O) groups is 2. The Kier molecular flexibility index (Phi) is 6.41. The molecule has 1 heterocycles. The monoisotopic (exact) mass is 403 g/mol. The molecule has 1 aliphatic rings. The van der Waals surface area contributed by atoms with Gasteiger partial charge in [0.25, 0.3) is 0 Å². The van der Waals surface area contributed by atoms with Crippen molar-refractivity contribution in [3.05, 3.63) is 59.9 Å². The fourth-order valence-electron chi connectivity index (χ4n) is 2.95. The highest BCUT2D eigenvalue weighted by molar-refractivity contribution is 8.00. The third-order valence-corrected chi connectivity index (χ3v) is 5.75. The van der Waals surface area contributed by atoms with Crippen LogP contribution in [-0.2, 0) is 4.79 Å². The smallest absolute Gasteiger partial charge is 0.321 e. The van der Waals surface area contributed by atoms with Crippen molar-refractivity contribution in [3.63, 3.8) is 0 Å². The SMILES string of the molecule is COc1ccccc1NC(=O)N(C)CCN1C(=O)CS[C@H]1c1ccccc1F. The van der Waals surface area contributed by atoms with Crippen molar-refractivity contribution < 1.29 is 18.7 Å². The molecule has 0 unspecified atom stereocenters. The van der Waals surface area contributed by atoms with E-state index in [0.717, 1.165) is 0 Å². The average molecular weight is 403 g/mol. The number of para-hydroxylation sites is 2. The van der Waals surface area contributed by atoms with Gasteiger partial charge in [0, 0.05) is 25.7 Å². The predicted octanol–water partition coefficient (Wildman–Crippen LogP) is 3.57. The molecule has 28 heavy (non-hydrogen) atoms. The molecule has 6 nitrogen and oxygen atoms in total. The number of amides is 3. The number of hydrogen-bond donors (Lipinski definition) is 1. The van der Waals surface area contributed by atoms with Crippen LogP contribution in [0.2, 0.25) is 0 Å². The van der Waals surface area contributed by atoms with Crippen molar-refractivity contribution in [2.75, 3.05) is 38.3 Å². The molecule has 0 aromatic heterocycles. The number of benzene rings is 2. The summed E-state index contributed by atoms with van der Waals surface area (Å²) in [7, 11) is 3.19. The van der Waals surface area contributed by atoms with Crippen molar-refractivity contribution in [1.82, 2.24) is 9.80 Å². The molecular weight excluding hydrogens is 381 g/mol. The first-order chi connectivity index (χ1) is 13.5. The number of thioether (sulfide) groups is 1. The van der Waals surface area contributed by atoms with Gasteiger partial charge in [0.1, 0.15) is 16.9 Å². The van der Waals surface area contributed by atoms with Gasteiger partial charge in [-0.2, -0.15) is 0 Å². The van der Waals surface area contributed by atoms with Crippen LogP contribution in [0.15, 0.2) is 48.5 Å². The maximum absolute atomic E-state index is 14.1. The molecule has 1 atom stereocenters. The van der Waals surface area contributed by atoms with Gasteiger partial charge in [-0.15, -0.1) is 11.8 Å². The Bertz CT molecular complexity index is 864. The van der Waals surface area contributed by atoms with Crippen LogP contribution in [-0.4, -0.2) is 54.7 Å². The second-order valence-corrected chi connectivity index (χ2v) is 7.39. The molecule has 3 rings (SSSR count). The van der Waals surface area contributed by atoms with Crippen molar-refractivity contribution in [2.45, 2.75) is 5.37 Å². The fraction of sp³-hybridized carbons (Fsp3) is 0.300. The summed E-state index contributed by atoms with van der Waals surface area (Å²) in [6.45, 7) is 0.638. The summed E-state index contributed by atoms with van der Waals surface area (Å²) in [5.41, 5.74) is 1.05. The minimum Gasteiger partial charge on any atom is -0.495 e. The lowest BCUT2D eigenvalue weighted by atomic mass is 10.2. The summed E-state index contributed by atoms with van der Waals surface area (Å²) in [5.74, 6) is 0.476. The van der Waals surface area contributed by atoms with Crippen LogP contribution in [0.25, 0.3) is 0 Å². The van der Waals surface area contributed by atoms with E-state index in [1.165, 1.54) is 29.8 Å². The van der Waals surface area contributed by atoms with Gasteiger partial charge in [-0.25, -0.2) is 9.18 Å². The van der Waals surface area contributed by atoms with E-state index >= 15 is 0 Å². The maximum Gasteiger partial charge on any atom is 0.321 e. The number of urea groups is 1. The van der Waals surface area contributed by atoms with Crippen molar-refractivity contribution in [2.24, 2.45) is 0 Å². The number of likely N-dealkylation sites (N-methyl/N-ethyl adjacent to an activating group) is 1. The number of methoxy groups -OCH3 is 1. The van der Waals surface area contributed by atoms with Gasteiger partial charge in [0.2, 0.25) is 5.91 Å². The maximum atomic E-state index is 14.1. The first-order valence-electron chi connectivity index (χ1n) is 8.82. The first-order valence-corrected chi connectivity index (χ1v) is 9.86. The van der Waals surface area contributed by atoms with Crippen LogP contribution in [0.1, 0.15) is 10.9 Å². The Morgan fingerprint density at radius 1 is 1.29 bits per heavy atom. The van der Waals surface area contributed by atoms with E-state index in [9.17, 15) is 14.0 Å². The summed E-state index contributed by atoms with van der Waals surface area (Å²) < 4.78 is 19.4. The minimum atomic E-state index is -0.376. The molecule has 0 bridgehead atoms. The highest BCUT2D eigenvalue weighted by atomic mass is 32.2. The van der Waals surface area contributed by atoms with Crippen molar-refractivity contribution in [3.8, 4) is 5.75 Å². The van der Waals surface area contributed by atoms with Gasteiger partial charge >= 0.3 is 6.03 Å². The summed E-state index contributed by atoms with van der Waals surface area (Å²) in [6.07, 6.45) is 0. The van der Waals surface area contributed by atoms with E-state index in [2.05, 4.69) is 5.32 Å². The molecule has 0 spiro atoms. The number of halogens is 1. The summed E-state index contributed by atoms with van der Waals surface area (Å²) in [5, 5.41) is 2.42. The van der Waals surface area contributed by atoms with E-state index in [0.29, 0.717) is 35.8 Å². The van der Waals surface area contributed by atoms with Crippen LogP contribution in [0.4, 0.5) is 14.9 Å². The zero-order chi connectivity index (χ0) is 20.1. The normalized spacial score (nSPS) is 16.2. The van der Waals surface area contributed by atoms with Crippen LogP contribution in [0, 0.1) is 5.82 Å². The third kappa shape index (κ3) is 4.39. The zero-order valence-corrected chi connectivity index (χ0v) is 16.5. The van der Waals surface area contributed by atoms with Crippen LogP contribution >= 0.6 is 11.8 Å². The largest absolute Gasteiger partial charge is 0.495 e. The van der Waals surface area contributed by atoms with Gasteiger partial charge < -0.3 is 19.9 Å². The Morgan fingerprint density at radius 3 is 2.75 bits per heavy atom. The van der Waals surface area contributed by atoms with E-state index < -0.39 is 0 Å². The van der Waals surface area contributed by atoms with Gasteiger partial charge in [-0.3, -0.25) is 4.79 Å². The molecule has 2 aromatic rings. The summed E-state index contributed by atoms with van der Waals surface area (Å²) in [4.78, 5) is 27.8. The highest BCUT2D eigenvalue weighted by Crippen LogP contribution is 2.39. The molecule has 0 saturated carbocycles. The average Bonchev–Trinajstić information content (AvgIpc) is 3.07. The molecule has 1 fully saturated rings. The lowest BCUT2D eigenvalue weighted by Crippen LogP contribution is -2.40. The van der Waals surface area contributed by atoms with Crippen LogP contribution < -0.4 is 10.1 Å². The number of anilines is 1. The zero-order valence-electron chi connectivity index (χ0n) is 15.7. The Labute approximate surface area is 167 Å². The predicted molar refractivity (Wildman–Crippen MR) is 108 cm³/mol. The molecule has 148 valence electrons. The molecule has 3 amide bonds. The first kappa shape index (κ1) is 20.0. The number of rotatable bonds is 6. The molecule has 1 N–H and O–H groups in total. The number of carbonyl (C=O) groups excluding carboxylic acids is 2. The summed E-state index contributed by atoms with van der Waals surface area (Å²) >= 11 is 1.39. The van der Waals surface area contributed by atoms with Crippen molar-refractivity contribution >= 4 is 29.4 Å². The molecule has 0 aliphatic carbocycles. The lowest BCUT2D eigenvalue weighted by Gasteiger charge is -2.27. The standard InChI is InChI=1S/C20H22FN3O3S/c1-23(20(26)22-16-9-5-6-10-17(16)27-2)11-12-24-18(25)13-28-19(24)14-7-3-4-8-15(14)21/h3-10,19H,11-13H2,1-2H3,(H,22,26)/t19-/m0/s1. The quantitative estimate of drug-likeness (QED) is 0.801. The van der Waals surface area contributed by atoms with Gasteiger partial charge in [0.05, 0.1) is 18.6 Å². The van der Waals surface area contributed by atoms with Gasteiger partial charge in [-0.1, -0.05) is 30.3 Å². The van der Waals surface area contributed by atoms with Gasteiger partial charge in [0.15, 0.2) is 0 Å². The van der Waals surface area contributed by atoms with Crippen LogP contribution in [0.3, 0.4) is 0 Å². The minimum absolute atomic E-state index is 0.0585. The summed E-state index contributed by atoms with van der Waals surface area (Å²) in [6, 6.07) is 13.3. The molecule has 2 aromatic carbocycles. The Morgan fingerprint density at radius 2 is 2.00 bits per heavy atom. The number of nitrogens with zero attached hydrogens (tertiary/aromatic N) is 2. The fourth-order valence-corrected chi connectivity index (χ4v) is 4.19. The van der Waals surface area contributed by atoms with E-state index in [1.807, 2.05) is 6.07 Å². The van der Waals surface area contributed by atoms with Crippen LogP contribution in [0.5, 0.6) is 5.75 Å². The molecule has 0 radical (unpaired) electrons. The molecule has 8 heteroatoms. The van der Waals surface area contributed by atoms with E-state index in [1.54, 1.807) is 48.3 Å². The second-order valence-electron chi connectivity index (χ2n) is 6.32. The number of nitrogens with one attached hydrogen (secondary N) is 1. The van der Waals surface area contributed by atoms with Gasteiger partial charge in [-0.05, 0) is 18.2 Å². The third-order valence-electron chi connectivity index (χ3n) is 4.51. The Hall–Kier alpha value is -2.74. The molecular formula is C20H22FN3O3S. The number of ether oxygens (including phenoxy) is 1. The number of hydrogen-bond acceptors (Lipinski definition) is 4. The Balaban J connectivity index is 1.62. The molecule has 1 aliphatic heterocycles. The molecule has 1 saturated heterocycles. The van der Waals surface area contributed by atoms with E-state index in [-0.39, 0.29) is 23.1 Å².